The Morgan fingerprint density at radius 2 is 1.90 bits per heavy atom. The molecule has 1 aliphatic rings. The molecule has 1 saturated carbocycles. The van der Waals surface area contributed by atoms with Crippen molar-refractivity contribution in [2.24, 2.45) is 5.92 Å². The van der Waals surface area contributed by atoms with Gasteiger partial charge in [0, 0.05) is 6.04 Å². The van der Waals surface area contributed by atoms with E-state index in [0.717, 1.165) is 12.5 Å². The summed E-state index contributed by atoms with van der Waals surface area (Å²) in [6, 6.07) is 16.0. The third kappa shape index (κ3) is 3.21. The predicted octanol–water partition coefficient (Wildman–Crippen LogP) is 5.07. The largest absolute Gasteiger partial charge is 0.310 e. The summed E-state index contributed by atoms with van der Waals surface area (Å²) in [5.41, 5.74) is 1.48. The number of rotatable bonds is 7. The van der Waals surface area contributed by atoms with Crippen LogP contribution in [0.5, 0.6) is 0 Å². The average Bonchev–Trinajstić information content (AvgIpc) is 3.31. The van der Waals surface area contributed by atoms with Gasteiger partial charge in [0.2, 0.25) is 0 Å². The van der Waals surface area contributed by atoms with Gasteiger partial charge in [0.1, 0.15) is 0 Å². The van der Waals surface area contributed by atoms with E-state index in [0.29, 0.717) is 6.04 Å². The monoisotopic (exact) mass is 267 g/mol. The van der Waals surface area contributed by atoms with Gasteiger partial charge in [-0.15, -0.1) is 0 Å². The molecule has 106 valence electrons. The minimum Gasteiger partial charge on any atom is -0.310 e. The van der Waals surface area contributed by atoms with Crippen molar-refractivity contribution in [3.8, 4) is 0 Å². The Hall–Kier alpha value is -1.34. The molecule has 2 aromatic carbocycles. The summed E-state index contributed by atoms with van der Waals surface area (Å²) in [7, 11) is 0. The second-order valence-electron chi connectivity index (χ2n) is 6.10. The Morgan fingerprint density at radius 1 is 1.10 bits per heavy atom. The van der Waals surface area contributed by atoms with Crippen LogP contribution in [-0.2, 0) is 0 Å². The second kappa shape index (κ2) is 6.41. The van der Waals surface area contributed by atoms with Gasteiger partial charge < -0.3 is 5.32 Å². The standard InChI is InChI=1S/C19H25N/c1-2-14-20-19(13-12-15-10-11-15)18-9-5-7-16-6-3-4-8-17(16)18/h3-9,15,19-20H,2,10-14H2,1H3. The fraction of sp³-hybridized carbons (Fsp3) is 0.474. The van der Waals surface area contributed by atoms with E-state index < -0.39 is 0 Å². The van der Waals surface area contributed by atoms with Crippen LogP contribution >= 0.6 is 0 Å². The SMILES string of the molecule is CCCNC(CCC1CC1)c1cccc2ccccc12. The number of hydrogen-bond donors (Lipinski definition) is 1. The van der Waals surface area contributed by atoms with Gasteiger partial charge in [-0.05, 0) is 48.1 Å². The first-order valence-electron chi connectivity index (χ1n) is 8.09. The van der Waals surface area contributed by atoms with E-state index in [-0.39, 0.29) is 0 Å². The summed E-state index contributed by atoms with van der Waals surface area (Å²) in [6.45, 7) is 3.35. The Bertz CT molecular complexity index is 551. The quantitative estimate of drug-likeness (QED) is 0.738. The molecule has 0 saturated heterocycles. The lowest BCUT2D eigenvalue weighted by Crippen LogP contribution is -2.22. The molecule has 0 radical (unpaired) electrons. The molecule has 1 nitrogen and oxygen atoms in total. The minimum absolute atomic E-state index is 0.515. The van der Waals surface area contributed by atoms with Crippen LogP contribution < -0.4 is 5.32 Å². The summed E-state index contributed by atoms with van der Waals surface area (Å²) in [4.78, 5) is 0. The highest BCUT2D eigenvalue weighted by Gasteiger charge is 2.23. The van der Waals surface area contributed by atoms with Crippen LogP contribution in [0.25, 0.3) is 10.8 Å². The number of hydrogen-bond acceptors (Lipinski definition) is 1. The third-order valence-electron chi connectivity index (χ3n) is 4.40. The zero-order valence-corrected chi connectivity index (χ0v) is 12.4. The third-order valence-corrected chi connectivity index (χ3v) is 4.40. The highest BCUT2D eigenvalue weighted by Crippen LogP contribution is 2.37. The van der Waals surface area contributed by atoms with Crippen LogP contribution in [0.4, 0.5) is 0 Å². The molecule has 3 rings (SSSR count). The first-order valence-corrected chi connectivity index (χ1v) is 8.09. The molecule has 0 aromatic heterocycles. The van der Waals surface area contributed by atoms with Crippen LogP contribution in [0.2, 0.25) is 0 Å². The van der Waals surface area contributed by atoms with Gasteiger partial charge in [-0.1, -0.05) is 62.2 Å². The van der Waals surface area contributed by atoms with Crippen molar-refractivity contribution >= 4 is 10.8 Å². The smallest absolute Gasteiger partial charge is 0.0326 e. The highest BCUT2D eigenvalue weighted by atomic mass is 14.9. The molecule has 1 N–H and O–H groups in total. The highest BCUT2D eigenvalue weighted by molar-refractivity contribution is 5.86. The van der Waals surface area contributed by atoms with Crippen LogP contribution in [0.3, 0.4) is 0 Å². The minimum atomic E-state index is 0.515. The molecule has 0 heterocycles. The summed E-state index contributed by atoms with van der Waals surface area (Å²) in [6.07, 6.45) is 6.76. The second-order valence-corrected chi connectivity index (χ2v) is 6.10. The van der Waals surface area contributed by atoms with Crippen molar-refractivity contribution in [1.82, 2.24) is 5.32 Å². The Labute approximate surface area is 122 Å². The van der Waals surface area contributed by atoms with E-state index in [1.165, 1.54) is 48.4 Å². The predicted molar refractivity (Wildman–Crippen MR) is 86.9 cm³/mol. The summed E-state index contributed by atoms with van der Waals surface area (Å²) in [5.74, 6) is 1.01. The van der Waals surface area contributed by atoms with E-state index in [9.17, 15) is 0 Å². The molecule has 0 bridgehead atoms. The topological polar surface area (TPSA) is 12.0 Å². The van der Waals surface area contributed by atoms with Gasteiger partial charge in [-0.3, -0.25) is 0 Å². The molecule has 1 atom stereocenters. The Balaban J connectivity index is 1.85. The zero-order valence-electron chi connectivity index (χ0n) is 12.4. The lowest BCUT2D eigenvalue weighted by atomic mass is 9.95. The maximum absolute atomic E-state index is 3.76. The molecular formula is C19H25N. The molecule has 1 aliphatic carbocycles. The lowest BCUT2D eigenvalue weighted by Gasteiger charge is -2.21. The number of benzene rings is 2. The van der Waals surface area contributed by atoms with Crippen LogP contribution in [0.15, 0.2) is 42.5 Å². The van der Waals surface area contributed by atoms with Gasteiger partial charge in [0.15, 0.2) is 0 Å². The van der Waals surface area contributed by atoms with Crippen molar-refractivity contribution < 1.29 is 0 Å². The fourth-order valence-electron chi connectivity index (χ4n) is 3.05. The normalized spacial score (nSPS) is 16.4. The van der Waals surface area contributed by atoms with Gasteiger partial charge in [-0.2, -0.15) is 0 Å². The van der Waals surface area contributed by atoms with Crippen molar-refractivity contribution in [3.05, 3.63) is 48.0 Å². The number of nitrogens with one attached hydrogen (secondary N) is 1. The lowest BCUT2D eigenvalue weighted by molar-refractivity contribution is 0.472. The molecule has 0 aliphatic heterocycles. The van der Waals surface area contributed by atoms with Gasteiger partial charge >= 0.3 is 0 Å². The summed E-state index contributed by atoms with van der Waals surface area (Å²) in [5, 5.41) is 6.54. The van der Waals surface area contributed by atoms with E-state index in [1.54, 1.807) is 0 Å². The zero-order chi connectivity index (χ0) is 13.8. The molecule has 2 aromatic rings. The first-order chi connectivity index (χ1) is 9.88. The van der Waals surface area contributed by atoms with Gasteiger partial charge in [-0.25, -0.2) is 0 Å². The van der Waals surface area contributed by atoms with E-state index in [2.05, 4.69) is 54.7 Å². The van der Waals surface area contributed by atoms with Gasteiger partial charge in [0.25, 0.3) is 0 Å². The molecule has 1 heteroatoms. The van der Waals surface area contributed by atoms with Crippen molar-refractivity contribution in [2.45, 2.75) is 45.1 Å². The van der Waals surface area contributed by atoms with E-state index in [4.69, 9.17) is 0 Å². The maximum Gasteiger partial charge on any atom is 0.0326 e. The summed E-state index contributed by atoms with van der Waals surface area (Å²) >= 11 is 0. The van der Waals surface area contributed by atoms with Crippen LogP contribution in [0.1, 0.15) is 50.6 Å². The van der Waals surface area contributed by atoms with Gasteiger partial charge in [0.05, 0.1) is 0 Å². The molecule has 0 spiro atoms. The van der Waals surface area contributed by atoms with Crippen LogP contribution in [-0.4, -0.2) is 6.54 Å². The molecule has 0 amide bonds. The Kier molecular flexibility index (Phi) is 4.37. The molecule has 20 heavy (non-hydrogen) atoms. The van der Waals surface area contributed by atoms with E-state index in [1.807, 2.05) is 0 Å². The average molecular weight is 267 g/mol. The van der Waals surface area contributed by atoms with Crippen molar-refractivity contribution in [1.29, 1.82) is 0 Å². The molecular weight excluding hydrogens is 242 g/mol. The van der Waals surface area contributed by atoms with Crippen molar-refractivity contribution in [3.63, 3.8) is 0 Å². The summed E-state index contributed by atoms with van der Waals surface area (Å²) < 4.78 is 0. The van der Waals surface area contributed by atoms with Crippen LogP contribution in [0, 0.1) is 5.92 Å². The van der Waals surface area contributed by atoms with Crippen molar-refractivity contribution in [2.75, 3.05) is 6.54 Å². The molecule has 1 fully saturated rings. The molecule has 1 unspecified atom stereocenters. The fourth-order valence-corrected chi connectivity index (χ4v) is 3.05. The van der Waals surface area contributed by atoms with E-state index >= 15 is 0 Å². The maximum atomic E-state index is 3.76. The Morgan fingerprint density at radius 3 is 2.70 bits per heavy atom. The number of fused-ring (bicyclic) bond motifs is 1. The first kappa shape index (κ1) is 13.6.